The molecule has 0 spiro atoms. The normalized spacial score (nSPS) is 17.9. The van der Waals surface area contributed by atoms with Gasteiger partial charge in [0.2, 0.25) is 0 Å². The number of nitrogens with zero attached hydrogens (tertiary/aromatic N) is 2. The van der Waals surface area contributed by atoms with Crippen molar-refractivity contribution in [2.45, 2.75) is 18.9 Å². The Labute approximate surface area is 106 Å². The van der Waals surface area contributed by atoms with Gasteiger partial charge in [-0.3, -0.25) is 0 Å². The average molecular weight is 241 g/mol. The number of rotatable bonds is 2. The quantitative estimate of drug-likeness (QED) is 0.871. The maximum atomic E-state index is 5.64. The molecule has 0 aliphatic carbocycles. The lowest BCUT2D eigenvalue weighted by Crippen LogP contribution is -2.17. The van der Waals surface area contributed by atoms with E-state index < -0.39 is 0 Å². The van der Waals surface area contributed by atoms with Gasteiger partial charge in [-0.2, -0.15) is 0 Å². The summed E-state index contributed by atoms with van der Waals surface area (Å²) in [5, 5.41) is 0. The molecule has 2 aromatic rings. The van der Waals surface area contributed by atoms with E-state index in [1.54, 1.807) is 12.4 Å². The van der Waals surface area contributed by atoms with Crippen molar-refractivity contribution < 1.29 is 4.74 Å². The van der Waals surface area contributed by atoms with E-state index in [0.29, 0.717) is 13.2 Å². The summed E-state index contributed by atoms with van der Waals surface area (Å²) < 4.78 is 5.64. The molecule has 1 aliphatic heterocycles. The van der Waals surface area contributed by atoms with Crippen LogP contribution >= 0.6 is 0 Å². The molecule has 92 valence electrons. The molecule has 3 rings (SSSR count). The van der Waals surface area contributed by atoms with Crippen LogP contribution in [0.2, 0.25) is 0 Å². The van der Waals surface area contributed by atoms with Crippen molar-refractivity contribution in [3.63, 3.8) is 0 Å². The molecule has 1 unspecified atom stereocenters. The molecule has 1 aromatic carbocycles. The van der Waals surface area contributed by atoms with Crippen molar-refractivity contribution in [1.29, 1.82) is 0 Å². The second kappa shape index (κ2) is 4.74. The lowest BCUT2D eigenvalue weighted by atomic mass is 9.92. The maximum Gasteiger partial charge on any atom is 0.135 e. The van der Waals surface area contributed by atoms with Gasteiger partial charge in [0.05, 0.1) is 12.5 Å². The summed E-state index contributed by atoms with van der Waals surface area (Å²) in [6, 6.07) is 8.09. The molecule has 2 N–H and O–H groups in total. The second-order valence-electron chi connectivity index (χ2n) is 4.38. The van der Waals surface area contributed by atoms with Gasteiger partial charge in [0.25, 0.3) is 0 Å². The average Bonchev–Trinajstić information content (AvgIpc) is 2.47. The van der Waals surface area contributed by atoms with E-state index in [-0.39, 0.29) is 5.92 Å². The highest BCUT2D eigenvalue weighted by atomic mass is 16.5. The van der Waals surface area contributed by atoms with Gasteiger partial charge in [-0.05, 0) is 12.5 Å². The maximum absolute atomic E-state index is 5.64. The third-order valence-corrected chi connectivity index (χ3v) is 3.23. The highest BCUT2D eigenvalue weighted by Gasteiger charge is 2.24. The molecular formula is C14H15N3O. The highest BCUT2D eigenvalue weighted by Crippen LogP contribution is 2.36. The van der Waals surface area contributed by atoms with Crippen LogP contribution in [0, 0.1) is 0 Å². The Morgan fingerprint density at radius 2 is 2.00 bits per heavy atom. The van der Waals surface area contributed by atoms with Crippen molar-refractivity contribution in [1.82, 2.24) is 9.97 Å². The van der Waals surface area contributed by atoms with Crippen molar-refractivity contribution >= 4 is 0 Å². The van der Waals surface area contributed by atoms with Gasteiger partial charge >= 0.3 is 0 Å². The molecule has 18 heavy (non-hydrogen) atoms. The lowest BCUT2D eigenvalue weighted by molar-refractivity contribution is 0.274. The number of aromatic nitrogens is 2. The Morgan fingerprint density at radius 3 is 2.78 bits per heavy atom. The first-order valence-corrected chi connectivity index (χ1v) is 6.11. The summed E-state index contributed by atoms with van der Waals surface area (Å²) in [4.78, 5) is 8.85. The van der Waals surface area contributed by atoms with E-state index in [9.17, 15) is 0 Å². The first-order valence-electron chi connectivity index (χ1n) is 6.11. The van der Waals surface area contributed by atoms with Crippen LogP contribution < -0.4 is 10.5 Å². The molecule has 0 saturated carbocycles. The van der Waals surface area contributed by atoms with Crippen LogP contribution in [0.4, 0.5) is 0 Å². The minimum absolute atomic E-state index is 0.224. The zero-order chi connectivity index (χ0) is 12.4. The van der Waals surface area contributed by atoms with Crippen LogP contribution in [0.25, 0.3) is 0 Å². The zero-order valence-corrected chi connectivity index (χ0v) is 10.0. The second-order valence-corrected chi connectivity index (χ2v) is 4.38. The van der Waals surface area contributed by atoms with E-state index in [0.717, 1.165) is 23.6 Å². The summed E-state index contributed by atoms with van der Waals surface area (Å²) >= 11 is 0. The summed E-state index contributed by atoms with van der Waals surface area (Å²) in [6.07, 6.45) is 4.53. The molecule has 1 aromatic heterocycles. The third kappa shape index (κ3) is 1.95. The van der Waals surface area contributed by atoms with Crippen LogP contribution in [0.1, 0.15) is 29.3 Å². The number of hydrogen-bond acceptors (Lipinski definition) is 4. The number of fused-ring (bicyclic) bond motifs is 1. The molecule has 4 nitrogen and oxygen atoms in total. The van der Waals surface area contributed by atoms with Gasteiger partial charge < -0.3 is 10.5 Å². The highest BCUT2D eigenvalue weighted by molar-refractivity contribution is 5.40. The van der Waals surface area contributed by atoms with Gasteiger partial charge in [-0.15, -0.1) is 0 Å². The molecule has 4 heteroatoms. The van der Waals surface area contributed by atoms with E-state index >= 15 is 0 Å². The predicted octanol–water partition coefficient (Wildman–Crippen LogP) is 1.85. The Morgan fingerprint density at radius 1 is 1.22 bits per heavy atom. The van der Waals surface area contributed by atoms with Crippen molar-refractivity contribution in [3.05, 3.63) is 53.6 Å². The van der Waals surface area contributed by atoms with Gasteiger partial charge in [0, 0.05) is 30.1 Å². The number of hydrogen-bond donors (Lipinski definition) is 1. The summed E-state index contributed by atoms with van der Waals surface area (Å²) in [5.41, 5.74) is 7.68. The summed E-state index contributed by atoms with van der Waals surface area (Å²) in [6.45, 7) is 1.19. The summed E-state index contributed by atoms with van der Waals surface area (Å²) in [7, 11) is 0. The number of benzene rings is 1. The van der Waals surface area contributed by atoms with Gasteiger partial charge in [0.1, 0.15) is 11.6 Å². The molecule has 2 heterocycles. The van der Waals surface area contributed by atoms with Crippen LogP contribution in [0.5, 0.6) is 5.75 Å². The number of ether oxygens (including phenoxy) is 1. The van der Waals surface area contributed by atoms with Gasteiger partial charge in [-0.25, -0.2) is 9.97 Å². The smallest absolute Gasteiger partial charge is 0.135 e. The molecule has 0 bridgehead atoms. The fourth-order valence-electron chi connectivity index (χ4n) is 2.26. The largest absolute Gasteiger partial charge is 0.493 e. The fraction of sp³-hybridized carbons (Fsp3) is 0.286. The van der Waals surface area contributed by atoms with E-state index in [2.05, 4.69) is 16.0 Å². The van der Waals surface area contributed by atoms with Crippen LogP contribution in [0.15, 0.2) is 36.7 Å². The minimum atomic E-state index is 0.224. The number of nitrogens with two attached hydrogens (primary N) is 1. The SMILES string of the molecule is NCc1cnc(C2CCOc3ccccc32)nc1. The number of para-hydroxylation sites is 1. The van der Waals surface area contributed by atoms with Crippen LogP contribution in [0.3, 0.4) is 0 Å². The molecule has 1 atom stereocenters. The van der Waals surface area contributed by atoms with E-state index in [4.69, 9.17) is 10.5 Å². The topological polar surface area (TPSA) is 61.0 Å². The molecule has 0 radical (unpaired) electrons. The molecule has 0 amide bonds. The summed E-state index contributed by atoms with van der Waals surface area (Å²) in [5.74, 6) is 2.02. The molecule has 1 aliphatic rings. The molecule has 0 fully saturated rings. The fourth-order valence-corrected chi connectivity index (χ4v) is 2.26. The standard InChI is InChI=1S/C14H15N3O/c15-7-10-8-16-14(17-9-10)12-5-6-18-13-4-2-1-3-11(12)13/h1-4,8-9,12H,5-7,15H2. The van der Waals surface area contributed by atoms with E-state index in [1.165, 1.54) is 5.56 Å². The minimum Gasteiger partial charge on any atom is -0.493 e. The first kappa shape index (κ1) is 11.2. The Bertz CT molecular complexity index is 539. The van der Waals surface area contributed by atoms with Gasteiger partial charge in [-0.1, -0.05) is 18.2 Å². The van der Waals surface area contributed by atoms with E-state index in [1.807, 2.05) is 18.2 Å². The van der Waals surface area contributed by atoms with Gasteiger partial charge in [0.15, 0.2) is 0 Å². The Balaban J connectivity index is 1.97. The molecule has 0 saturated heterocycles. The van der Waals surface area contributed by atoms with Crippen LogP contribution in [-0.4, -0.2) is 16.6 Å². The van der Waals surface area contributed by atoms with Crippen molar-refractivity contribution in [3.8, 4) is 5.75 Å². The first-order chi connectivity index (χ1) is 8.88. The van der Waals surface area contributed by atoms with Crippen molar-refractivity contribution in [2.75, 3.05) is 6.61 Å². The predicted molar refractivity (Wildman–Crippen MR) is 68.3 cm³/mol. The van der Waals surface area contributed by atoms with Crippen LogP contribution in [-0.2, 0) is 6.54 Å². The Hall–Kier alpha value is -1.94. The third-order valence-electron chi connectivity index (χ3n) is 3.23. The lowest BCUT2D eigenvalue weighted by Gasteiger charge is -2.24. The molecular weight excluding hydrogens is 226 g/mol. The Kier molecular flexibility index (Phi) is 2.94. The van der Waals surface area contributed by atoms with Crippen molar-refractivity contribution in [2.24, 2.45) is 5.73 Å². The monoisotopic (exact) mass is 241 g/mol. The zero-order valence-electron chi connectivity index (χ0n) is 10.0.